The lowest BCUT2D eigenvalue weighted by molar-refractivity contribution is -0.159. The molecule has 2 aliphatic heterocycles. The van der Waals surface area contributed by atoms with E-state index in [-0.39, 0.29) is 12.9 Å². The SMILES string of the molecule is COc1ccc(CNCC2=NOC(Cc3cc(OC)c4c(c3OC)OCO4)C2)cc1.O=C(O)C(=O)O. The van der Waals surface area contributed by atoms with Gasteiger partial charge in [0.25, 0.3) is 0 Å². The molecule has 0 radical (unpaired) electrons. The van der Waals surface area contributed by atoms with Gasteiger partial charge < -0.3 is 44.1 Å². The molecule has 0 bridgehead atoms. The van der Waals surface area contributed by atoms with Gasteiger partial charge in [-0.15, -0.1) is 0 Å². The van der Waals surface area contributed by atoms with Crippen molar-refractivity contribution in [1.82, 2.24) is 5.32 Å². The number of carbonyl (C=O) groups is 2. The van der Waals surface area contributed by atoms with E-state index in [0.29, 0.717) is 36.0 Å². The van der Waals surface area contributed by atoms with Crippen molar-refractivity contribution in [3.63, 3.8) is 0 Å². The van der Waals surface area contributed by atoms with Crippen molar-refractivity contribution in [3.05, 3.63) is 41.5 Å². The van der Waals surface area contributed by atoms with E-state index in [1.54, 1.807) is 21.3 Å². The summed E-state index contributed by atoms with van der Waals surface area (Å²) in [6, 6.07) is 9.91. The van der Waals surface area contributed by atoms with Crippen molar-refractivity contribution in [1.29, 1.82) is 0 Å². The minimum Gasteiger partial charge on any atom is -0.497 e. The molecule has 36 heavy (non-hydrogen) atoms. The average molecular weight is 504 g/mol. The molecule has 0 saturated carbocycles. The van der Waals surface area contributed by atoms with Gasteiger partial charge >= 0.3 is 11.9 Å². The highest BCUT2D eigenvalue weighted by molar-refractivity contribution is 6.27. The fourth-order valence-electron chi connectivity index (χ4n) is 3.63. The Morgan fingerprint density at radius 3 is 2.31 bits per heavy atom. The van der Waals surface area contributed by atoms with E-state index in [1.165, 1.54) is 5.56 Å². The van der Waals surface area contributed by atoms with Crippen LogP contribution in [0, 0.1) is 0 Å². The number of methoxy groups -OCH3 is 3. The Labute approximate surface area is 207 Å². The Morgan fingerprint density at radius 1 is 1.00 bits per heavy atom. The molecule has 0 spiro atoms. The number of carboxylic acid groups (broad SMARTS) is 2. The normalized spacial score (nSPS) is 15.2. The lowest BCUT2D eigenvalue weighted by Gasteiger charge is -2.15. The first-order valence-corrected chi connectivity index (χ1v) is 10.9. The molecule has 12 nitrogen and oxygen atoms in total. The van der Waals surface area contributed by atoms with Crippen LogP contribution < -0.4 is 29.0 Å². The summed E-state index contributed by atoms with van der Waals surface area (Å²) in [6.07, 6.45) is 1.30. The highest BCUT2D eigenvalue weighted by Crippen LogP contribution is 2.49. The third-order valence-corrected chi connectivity index (χ3v) is 5.31. The summed E-state index contributed by atoms with van der Waals surface area (Å²) in [4.78, 5) is 23.9. The molecule has 12 heteroatoms. The van der Waals surface area contributed by atoms with E-state index in [1.807, 2.05) is 30.3 Å². The molecular formula is C24H28N2O10. The second-order valence-corrected chi connectivity index (χ2v) is 7.69. The van der Waals surface area contributed by atoms with Crippen LogP contribution in [0.4, 0.5) is 0 Å². The molecule has 1 atom stereocenters. The quantitative estimate of drug-likeness (QED) is 0.430. The minimum atomic E-state index is -1.82. The summed E-state index contributed by atoms with van der Waals surface area (Å²) < 4.78 is 27.3. The van der Waals surface area contributed by atoms with Crippen LogP contribution in [0.3, 0.4) is 0 Å². The van der Waals surface area contributed by atoms with Gasteiger partial charge in [0.2, 0.25) is 18.3 Å². The molecule has 0 aliphatic carbocycles. The second-order valence-electron chi connectivity index (χ2n) is 7.69. The number of hydrogen-bond donors (Lipinski definition) is 3. The number of hydrogen-bond acceptors (Lipinski definition) is 10. The molecule has 2 heterocycles. The Morgan fingerprint density at radius 2 is 1.69 bits per heavy atom. The van der Waals surface area contributed by atoms with Crippen LogP contribution >= 0.6 is 0 Å². The van der Waals surface area contributed by atoms with Crippen molar-refractivity contribution in [2.24, 2.45) is 5.16 Å². The van der Waals surface area contributed by atoms with E-state index in [0.717, 1.165) is 30.0 Å². The van der Waals surface area contributed by atoms with Crippen LogP contribution in [0.25, 0.3) is 0 Å². The van der Waals surface area contributed by atoms with Crippen molar-refractivity contribution < 1.29 is 48.3 Å². The first-order valence-electron chi connectivity index (χ1n) is 10.9. The lowest BCUT2D eigenvalue weighted by Crippen LogP contribution is -2.23. The first kappa shape index (κ1) is 26.4. The zero-order valence-corrected chi connectivity index (χ0v) is 20.1. The monoisotopic (exact) mass is 504 g/mol. The summed E-state index contributed by atoms with van der Waals surface area (Å²) in [5.41, 5.74) is 3.11. The fraction of sp³-hybridized carbons (Fsp3) is 0.375. The van der Waals surface area contributed by atoms with Crippen molar-refractivity contribution >= 4 is 17.7 Å². The molecular weight excluding hydrogens is 476 g/mol. The molecule has 0 saturated heterocycles. The molecule has 3 N–H and O–H groups in total. The molecule has 2 aliphatic rings. The predicted molar refractivity (Wildman–Crippen MR) is 126 cm³/mol. The van der Waals surface area contributed by atoms with Crippen LogP contribution in [0.5, 0.6) is 28.7 Å². The maximum Gasteiger partial charge on any atom is 0.414 e. The van der Waals surface area contributed by atoms with Crippen molar-refractivity contribution in [2.45, 2.75) is 25.5 Å². The molecule has 1 unspecified atom stereocenters. The standard InChI is InChI=1S/C22H26N2O6.C2H2O4/c1-25-17-6-4-14(5-7-17)11-23-12-16-10-18(30-24-16)8-15-9-19(26-2)21-22(20(15)27-3)29-13-28-21;3-1(4)2(5)6/h4-7,9,18,23H,8,10-13H2,1-3H3;(H,3,4)(H,5,6). The number of fused-ring (bicyclic) bond motifs is 1. The van der Waals surface area contributed by atoms with E-state index >= 15 is 0 Å². The second kappa shape index (κ2) is 12.5. The number of aliphatic carboxylic acids is 2. The Bertz CT molecular complexity index is 1090. The number of nitrogens with zero attached hydrogens (tertiary/aromatic N) is 1. The average Bonchev–Trinajstić information content (AvgIpc) is 3.54. The summed E-state index contributed by atoms with van der Waals surface area (Å²) >= 11 is 0. The summed E-state index contributed by atoms with van der Waals surface area (Å²) in [6.45, 7) is 1.57. The number of carboxylic acids is 2. The maximum absolute atomic E-state index is 9.10. The topological polar surface area (TPSA) is 154 Å². The molecule has 0 aromatic heterocycles. The largest absolute Gasteiger partial charge is 0.497 e. The molecule has 0 fully saturated rings. The lowest BCUT2D eigenvalue weighted by atomic mass is 10.0. The van der Waals surface area contributed by atoms with E-state index < -0.39 is 11.9 Å². The molecule has 2 aromatic rings. The van der Waals surface area contributed by atoms with Crippen LogP contribution in [-0.2, 0) is 27.4 Å². The maximum atomic E-state index is 9.10. The summed E-state index contributed by atoms with van der Waals surface area (Å²) in [5.74, 6) is -0.371. The van der Waals surface area contributed by atoms with Gasteiger partial charge in [0.1, 0.15) is 11.9 Å². The number of oxime groups is 1. The predicted octanol–water partition coefficient (Wildman–Crippen LogP) is 2.07. The van der Waals surface area contributed by atoms with Gasteiger partial charge in [-0.3, -0.25) is 0 Å². The highest BCUT2D eigenvalue weighted by atomic mass is 16.7. The van der Waals surface area contributed by atoms with Gasteiger partial charge in [-0.2, -0.15) is 0 Å². The zero-order valence-electron chi connectivity index (χ0n) is 20.1. The van der Waals surface area contributed by atoms with Gasteiger partial charge in [0.15, 0.2) is 11.5 Å². The zero-order chi connectivity index (χ0) is 26.1. The van der Waals surface area contributed by atoms with Crippen LogP contribution in [0.2, 0.25) is 0 Å². The minimum absolute atomic E-state index is 0.0678. The van der Waals surface area contributed by atoms with Gasteiger partial charge in [-0.05, 0) is 23.8 Å². The fourth-order valence-corrected chi connectivity index (χ4v) is 3.63. The van der Waals surface area contributed by atoms with Crippen molar-refractivity contribution in [2.75, 3.05) is 34.7 Å². The third kappa shape index (κ3) is 6.69. The highest BCUT2D eigenvalue weighted by Gasteiger charge is 2.30. The number of benzene rings is 2. The van der Waals surface area contributed by atoms with E-state index in [4.69, 9.17) is 48.3 Å². The van der Waals surface area contributed by atoms with E-state index in [2.05, 4.69) is 10.5 Å². The van der Waals surface area contributed by atoms with Crippen LogP contribution in [-0.4, -0.2) is 68.6 Å². The number of nitrogens with one attached hydrogen (secondary N) is 1. The molecule has 2 aromatic carbocycles. The van der Waals surface area contributed by atoms with Crippen molar-refractivity contribution in [3.8, 4) is 28.7 Å². The summed E-state index contributed by atoms with van der Waals surface area (Å²) in [7, 11) is 4.89. The molecule has 194 valence electrons. The van der Waals surface area contributed by atoms with Crippen LogP contribution in [0.1, 0.15) is 17.5 Å². The van der Waals surface area contributed by atoms with Gasteiger partial charge in [0.05, 0.1) is 27.0 Å². The Balaban J connectivity index is 0.000000538. The third-order valence-electron chi connectivity index (χ3n) is 5.31. The number of rotatable bonds is 9. The Hall–Kier alpha value is -4.19. The molecule has 4 rings (SSSR count). The van der Waals surface area contributed by atoms with Crippen LogP contribution in [0.15, 0.2) is 35.5 Å². The van der Waals surface area contributed by atoms with Gasteiger partial charge in [-0.1, -0.05) is 17.3 Å². The first-order chi connectivity index (χ1) is 17.4. The smallest absolute Gasteiger partial charge is 0.414 e. The van der Waals surface area contributed by atoms with Gasteiger partial charge in [-0.25, -0.2) is 9.59 Å². The summed E-state index contributed by atoms with van der Waals surface area (Å²) in [5, 5.41) is 22.4. The van der Waals surface area contributed by atoms with Gasteiger partial charge in [0, 0.05) is 31.5 Å². The Kier molecular flexibility index (Phi) is 9.17. The molecule has 0 amide bonds. The number of ether oxygens (including phenoxy) is 5. The van der Waals surface area contributed by atoms with E-state index in [9.17, 15) is 0 Å².